The Bertz CT molecular complexity index is 315. The number of rotatable bonds is 10. The number of carbonyl (C=O) groups is 2. The summed E-state index contributed by atoms with van der Waals surface area (Å²) in [7, 11) is 0. The van der Waals surface area contributed by atoms with E-state index in [4.69, 9.17) is 11.5 Å². The third-order valence-corrected chi connectivity index (χ3v) is 4.34. The first kappa shape index (κ1) is 18.0. The van der Waals surface area contributed by atoms with E-state index in [0.29, 0.717) is 18.9 Å². The maximum atomic E-state index is 12.0. The average molecular weight is 297 g/mol. The number of primary amides is 1. The van der Waals surface area contributed by atoms with Gasteiger partial charge in [-0.15, -0.1) is 0 Å². The van der Waals surface area contributed by atoms with Gasteiger partial charge in [0.1, 0.15) is 0 Å². The largest absolute Gasteiger partial charge is 0.370 e. The number of amides is 2. The number of hydrogen-bond acceptors (Lipinski definition) is 3. The van der Waals surface area contributed by atoms with E-state index in [9.17, 15) is 9.59 Å². The van der Waals surface area contributed by atoms with Gasteiger partial charge in [-0.3, -0.25) is 9.59 Å². The number of unbranched alkanes of at least 4 members (excludes halogenated alkanes) is 3. The summed E-state index contributed by atoms with van der Waals surface area (Å²) < 4.78 is 0. The second kappa shape index (κ2) is 10.6. The van der Waals surface area contributed by atoms with Gasteiger partial charge in [-0.1, -0.05) is 32.1 Å². The Hall–Kier alpha value is -1.10. The van der Waals surface area contributed by atoms with Crippen molar-refractivity contribution in [1.29, 1.82) is 0 Å². The van der Waals surface area contributed by atoms with Crippen LogP contribution in [0.5, 0.6) is 0 Å². The van der Waals surface area contributed by atoms with Crippen molar-refractivity contribution in [1.82, 2.24) is 5.32 Å². The lowest BCUT2D eigenvalue weighted by Gasteiger charge is -2.30. The smallest absolute Gasteiger partial charge is 0.220 e. The highest BCUT2D eigenvalue weighted by molar-refractivity contribution is 5.78. The first-order chi connectivity index (χ1) is 10.1. The van der Waals surface area contributed by atoms with Gasteiger partial charge in [0.05, 0.1) is 0 Å². The van der Waals surface area contributed by atoms with E-state index in [1.54, 1.807) is 0 Å². The minimum absolute atomic E-state index is 0.0552. The van der Waals surface area contributed by atoms with E-state index in [1.807, 2.05) is 0 Å². The third-order valence-electron chi connectivity index (χ3n) is 4.34. The maximum Gasteiger partial charge on any atom is 0.220 e. The molecule has 0 saturated heterocycles. The summed E-state index contributed by atoms with van der Waals surface area (Å²) in [5.41, 5.74) is 10.8. The zero-order chi connectivity index (χ0) is 15.5. The Morgan fingerprint density at radius 1 is 1.05 bits per heavy atom. The number of carbonyl (C=O) groups excluding carboxylic acids is 2. The van der Waals surface area contributed by atoms with Gasteiger partial charge < -0.3 is 16.8 Å². The number of hydrogen-bond donors (Lipinski definition) is 3. The van der Waals surface area contributed by atoms with Crippen LogP contribution in [0.3, 0.4) is 0 Å². The predicted molar refractivity (Wildman–Crippen MR) is 84.5 cm³/mol. The summed E-state index contributed by atoms with van der Waals surface area (Å²) in [6, 6.07) is -0.0701. The predicted octanol–water partition coefficient (Wildman–Crippen LogP) is 1.84. The standard InChI is InChI=1S/C16H31N3O2/c17-11-7-2-1-6-10-16(21)19-14(12-15(18)20)13-8-4-3-5-9-13/h13-14H,1-12,17H2,(H2,18,20)(H,19,21). The SMILES string of the molecule is NCCCCCCC(=O)NC(CC(N)=O)C1CCCCC1. The molecule has 5 N–H and O–H groups in total. The van der Waals surface area contributed by atoms with E-state index < -0.39 is 0 Å². The Morgan fingerprint density at radius 2 is 1.71 bits per heavy atom. The lowest BCUT2D eigenvalue weighted by molar-refractivity contribution is -0.123. The van der Waals surface area contributed by atoms with E-state index in [2.05, 4.69) is 5.32 Å². The van der Waals surface area contributed by atoms with Gasteiger partial charge >= 0.3 is 0 Å². The molecule has 1 aliphatic carbocycles. The molecule has 0 aromatic carbocycles. The molecule has 0 spiro atoms. The Balaban J connectivity index is 2.33. The molecule has 1 fully saturated rings. The van der Waals surface area contributed by atoms with E-state index >= 15 is 0 Å². The lowest BCUT2D eigenvalue weighted by atomic mass is 9.82. The third kappa shape index (κ3) is 8.05. The van der Waals surface area contributed by atoms with Crippen LogP contribution in [-0.4, -0.2) is 24.4 Å². The van der Waals surface area contributed by atoms with Gasteiger partial charge in [0, 0.05) is 18.9 Å². The topological polar surface area (TPSA) is 98.2 Å². The van der Waals surface area contributed by atoms with Crippen LogP contribution in [0.25, 0.3) is 0 Å². The summed E-state index contributed by atoms with van der Waals surface area (Å²) >= 11 is 0. The summed E-state index contributed by atoms with van der Waals surface area (Å²) in [6.45, 7) is 0.717. The molecule has 0 aliphatic heterocycles. The average Bonchev–Trinajstić information content (AvgIpc) is 2.47. The van der Waals surface area contributed by atoms with Crippen LogP contribution in [-0.2, 0) is 9.59 Å². The molecule has 1 unspecified atom stereocenters. The van der Waals surface area contributed by atoms with Crippen LogP contribution in [0.2, 0.25) is 0 Å². The molecule has 0 bridgehead atoms. The lowest BCUT2D eigenvalue weighted by Crippen LogP contribution is -2.43. The highest BCUT2D eigenvalue weighted by Crippen LogP contribution is 2.27. The minimum Gasteiger partial charge on any atom is -0.370 e. The molecule has 2 amide bonds. The van der Waals surface area contributed by atoms with Crippen LogP contribution in [0.15, 0.2) is 0 Å². The van der Waals surface area contributed by atoms with Crippen molar-refractivity contribution in [2.24, 2.45) is 17.4 Å². The van der Waals surface area contributed by atoms with Crippen LogP contribution in [0.4, 0.5) is 0 Å². The van der Waals surface area contributed by atoms with E-state index in [0.717, 1.165) is 38.5 Å². The van der Waals surface area contributed by atoms with E-state index in [-0.39, 0.29) is 24.3 Å². The summed E-state index contributed by atoms with van der Waals surface area (Å²) in [5, 5.41) is 3.04. The summed E-state index contributed by atoms with van der Waals surface area (Å²) in [5.74, 6) is 0.140. The molecule has 1 atom stereocenters. The fraction of sp³-hybridized carbons (Fsp3) is 0.875. The van der Waals surface area contributed by atoms with Crippen molar-refractivity contribution < 1.29 is 9.59 Å². The summed E-state index contributed by atoms with van der Waals surface area (Å²) in [6.07, 6.45) is 10.7. The molecule has 5 heteroatoms. The molecule has 122 valence electrons. The molecular weight excluding hydrogens is 266 g/mol. The zero-order valence-electron chi connectivity index (χ0n) is 13.1. The zero-order valence-corrected chi connectivity index (χ0v) is 13.1. The molecule has 0 heterocycles. The van der Waals surface area contributed by atoms with Crippen LogP contribution >= 0.6 is 0 Å². The van der Waals surface area contributed by atoms with Gasteiger partial charge in [0.2, 0.25) is 11.8 Å². The fourth-order valence-electron chi connectivity index (χ4n) is 3.15. The van der Waals surface area contributed by atoms with Gasteiger partial charge in [0.25, 0.3) is 0 Å². The van der Waals surface area contributed by atoms with Crippen LogP contribution in [0.1, 0.15) is 70.6 Å². The second-order valence-electron chi connectivity index (χ2n) is 6.20. The Morgan fingerprint density at radius 3 is 2.33 bits per heavy atom. The van der Waals surface area contributed by atoms with Crippen molar-refractivity contribution >= 4 is 11.8 Å². The maximum absolute atomic E-state index is 12.0. The van der Waals surface area contributed by atoms with Gasteiger partial charge in [-0.2, -0.15) is 0 Å². The highest BCUT2D eigenvalue weighted by atomic mass is 16.2. The quantitative estimate of drug-likeness (QED) is 0.536. The van der Waals surface area contributed by atoms with Crippen molar-refractivity contribution in [2.75, 3.05) is 6.54 Å². The van der Waals surface area contributed by atoms with Gasteiger partial charge in [0.15, 0.2) is 0 Å². The molecule has 21 heavy (non-hydrogen) atoms. The Kier molecular flexibility index (Phi) is 9.06. The molecule has 0 aromatic heterocycles. The Labute approximate surface area is 128 Å². The number of nitrogens with one attached hydrogen (secondary N) is 1. The van der Waals surface area contributed by atoms with Crippen LogP contribution in [0, 0.1) is 5.92 Å². The van der Waals surface area contributed by atoms with Gasteiger partial charge in [-0.25, -0.2) is 0 Å². The fourth-order valence-corrected chi connectivity index (χ4v) is 3.15. The number of nitrogens with two attached hydrogens (primary N) is 2. The normalized spacial score (nSPS) is 17.4. The van der Waals surface area contributed by atoms with Crippen molar-refractivity contribution in [2.45, 2.75) is 76.7 Å². The van der Waals surface area contributed by atoms with Crippen molar-refractivity contribution in [3.05, 3.63) is 0 Å². The molecule has 1 rings (SSSR count). The van der Waals surface area contributed by atoms with Gasteiger partial charge in [-0.05, 0) is 38.1 Å². The van der Waals surface area contributed by atoms with Crippen LogP contribution < -0.4 is 16.8 Å². The van der Waals surface area contributed by atoms with Crippen molar-refractivity contribution in [3.8, 4) is 0 Å². The summed E-state index contributed by atoms with van der Waals surface area (Å²) in [4.78, 5) is 23.2. The second-order valence-corrected chi connectivity index (χ2v) is 6.20. The first-order valence-electron chi connectivity index (χ1n) is 8.41. The minimum atomic E-state index is -0.325. The molecule has 1 saturated carbocycles. The highest BCUT2D eigenvalue weighted by Gasteiger charge is 2.26. The molecule has 0 radical (unpaired) electrons. The first-order valence-corrected chi connectivity index (χ1v) is 8.41. The van der Waals surface area contributed by atoms with Crippen molar-refractivity contribution in [3.63, 3.8) is 0 Å². The molecular formula is C16H31N3O2. The van der Waals surface area contributed by atoms with E-state index in [1.165, 1.54) is 19.3 Å². The molecule has 1 aliphatic rings. The molecule has 0 aromatic rings. The molecule has 5 nitrogen and oxygen atoms in total. The monoisotopic (exact) mass is 297 g/mol.